The molecule has 2 heterocycles. The first-order valence-electron chi connectivity index (χ1n) is 10.6. The molecule has 0 aromatic heterocycles. The molecule has 0 bridgehead atoms. The second-order valence-electron chi connectivity index (χ2n) is 7.58. The summed E-state index contributed by atoms with van der Waals surface area (Å²) < 4.78 is 10.8. The van der Waals surface area contributed by atoms with Gasteiger partial charge in [-0.3, -0.25) is 14.9 Å². The van der Waals surface area contributed by atoms with Gasteiger partial charge in [-0.05, 0) is 37.5 Å². The van der Waals surface area contributed by atoms with E-state index in [-0.39, 0.29) is 17.9 Å². The zero-order valence-corrected chi connectivity index (χ0v) is 17.4. The summed E-state index contributed by atoms with van der Waals surface area (Å²) in [5.41, 5.74) is 1.99. The molecule has 0 saturated carbocycles. The van der Waals surface area contributed by atoms with E-state index < -0.39 is 0 Å². The molecule has 1 fully saturated rings. The Kier molecular flexibility index (Phi) is 7.49. The summed E-state index contributed by atoms with van der Waals surface area (Å²) in [4.78, 5) is 29.3. The SMILES string of the molecule is CCC1C(=O)NC2=Nc3ccc(OCCCCCCCCOC(C)=O)cc3CN21. The molecule has 3 rings (SSSR count). The van der Waals surface area contributed by atoms with Crippen molar-refractivity contribution in [1.29, 1.82) is 0 Å². The van der Waals surface area contributed by atoms with E-state index in [9.17, 15) is 9.59 Å². The van der Waals surface area contributed by atoms with Crippen LogP contribution in [0, 0.1) is 0 Å². The first-order valence-corrected chi connectivity index (χ1v) is 10.6. The lowest BCUT2D eigenvalue weighted by molar-refractivity contribution is -0.141. The van der Waals surface area contributed by atoms with Gasteiger partial charge in [0.25, 0.3) is 0 Å². The zero-order chi connectivity index (χ0) is 20.6. The number of amides is 1. The van der Waals surface area contributed by atoms with Gasteiger partial charge in [0.2, 0.25) is 11.9 Å². The van der Waals surface area contributed by atoms with Crippen molar-refractivity contribution in [2.45, 2.75) is 71.4 Å². The summed E-state index contributed by atoms with van der Waals surface area (Å²) in [5, 5.41) is 2.87. The molecule has 0 radical (unpaired) electrons. The van der Waals surface area contributed by atoms with Crippen molar-refractivity contribution in [3.05, 3.63) is 23.8 Å². The predicted octanol–water partition coefficient (Wildman–Crippen LogP) is 3.68. The molecule has 0 aliphatic carbocycles. The lowest BCUT2D eigenvalue weighted by atomic mass is 10.1. The molecule has 1 N–H and O–H groups in total. The average molecular weight is 402 g/mol. The number of carbonyl (C=O) groups excluding carboxylic acids is 2. The molecule has 2 aliphatic heterocycles. The quantitative estimate of drug-likeness (QED) is 0.452. The largest absolute Gasteiger partial charge is 0.494 e. The summed E-state index contributed by atoms with van der Waals surface area (Å²) in [6.45, 7) is 5.36. The summed E-state index contributed by atoms with van der Waals surface area (Å²) in [6, 6.07) is 5.81. The smallest absolute Gasteiger partial charge is 0.302 e. The molecule has 7 heteroatoms. The van der Waals surface area contributed by atoms with Crippen molar-refractivity contribution in [2.24, 2.45) is 4.99 Å². The van der Waals surface area contributed by atoms with E-state index in [1.165, 1.54) is 13.3 Å². The monoisotopic (exact) mass is 401 g/mol. The van der Waals surface area contributed by atoms with Gasteiger partial charge in [0.1, 0.15) is 11.8 Å². The molecule has 29 heavy (non-hydrogen) atoms. The zero-order valence-electron chi connectivity index (χ0n) is 17.4. The molecular weight excluding hydrogens is 370 g/mol. The average Bonchev–Trinajstić information content (AvgIpc) is 3.01. The highest BCUT2D eigenvalue weighted by molar-refractivity contribution is 6.07. The third kappa shape index (κ3) is 5.71. The number of esters is 1. The maximum Gasteiger partial charge on any atom is 0.302 e. The molecule has 1 atom stereocenters. The second kappa shape index (κ2) is 10.3. The molecule has 1 aromatic rings. The lowest BCUT2D eigenvalue weighted by Gasteiger charge is -2.27. The Morgan fingerprint density at radius 3 is 2.62 bits per heavy atom. The molecule has 1 saturated heterocycles. The normalized spacial score (nSPS) is 17.3. The van der Waals surface area contributed by atoms with Gasteiger partial charge in [0.15, 0.2) is 0 Å². The number of aliphatic imine (C=N–C) groups is 1. The topological polar surface area (TPSA) is 80.2 Å². The fourth-order valence-electron chi connectivity index (χ4n) is 3.74. The highest BCUT2D eigenvalue weighted by Crippen LogP contribution is 2.32. The number of benzene rings is 1. The van der Waals surface area contributed by atoms with Gasteiger partial charge in [-0.2, -0.15) is 0 Å². The van der Waals surface area contributed by atoms with Crippen molar-refractivity contribution < 1.29 is 19.1 Å². The van der Waals surface area contributed by atoms with Gasteiger partial charge in [-0.25, -0.2) is 4.99 Å². The number of fused-ring (bicyclic) bond motifs is 2. The lowest BCUT2D eigenvalue weighted by Crippen LogP contribution is -2.36. The van der Waals surface area contributed by atoms with E-state index in [1.54, 1.807) is 0 Å². The Hall–Kier alpha value is -2.57. The van der Waals surface area contributed by atoms with Crippen LogP contribution in [0.1, 0.15) is 64.4 Å². The molecular formula is C22H31N3O4. The van der Waals surface area contributed by atoms with E-state index in [0.29, 0.717) is 25.7 Å². The highest BCUT2D eigenvalue weighted by atomic mass is 16.5. The van der Waals surface area contributed by atoms with Gasteiger partial charge < -0.3 is 14.4 Å². The van der Waals surface area contributed by atoms with Gasteiger partial charge in [0.05, 0.1) is 18.9 Å². The molecule has 158 valence electrons. The fraction of sp³-hybridized carbons (Fsp3) is 0.591. The number of nitrogens with one attached hydrogen (secondary N) is 1. The van der Waals surface area contributed by atoms with E-state index in [4.69, 9.17) is 9.47 Å². The number of guanidine groups is 1. The maximum absolute atomic E-state index is 12.0. The van der Waals surface area contributed by atoms with E-state index in [1.807, 2.05) is 30.0 Å². The second-order valence-corrected chi connectivity index (χ2v) is 7.58. The number of nitrogens with zero attached hydrogens (tertiary/aromatic N) is 2. The Balaban J connectivity index is 1.36. The Morgan fingerprint density at radius 1 is 1.17 bits per heavy atom. The number of hydrogen-bond donors (Lipinski definition) is 1. The van der Waals surface area contributed by atoms with Crippen molar-refractivity contribution >= 4 is 23.5 Å². The van der Waals surface area contributed by atoms with Crippen molar-refractivity contribution in [3.8, 4) is 5.75 Å². The van der Waals surface area contributed by atoms with Crippen LogP contribution in [0.4, 0.5) is 5.69 Å². The van der Waals surface area contributed by atoms with Gasteiger partial charge in [-0.15, -0.1) is 0 Å². The van der Waals surface area contributed by atoms with Crippen molar-refractivity contribution in [2.75, 3.05) is 13.2 Å². The third-order valence-corrected chi connectivity index (χ3v) is 5.30. The number of carbonyl (C=O) groups is 2. The summed E-state index contributed by atoms with van der Waals surface area (Å²) in [5.74, 6) is 1.35. The minimum atomic E-state index is -0.202. The molecule has 7 nitrogen and oxygen atoms in total. The van der Waals surface area contributed by atoms with E-state index >= 15 is 0 Å². The Morgan fingerprint density at radius 2 is 1.90 bits per heavy atom. The first kappa shape index (κ1) is 21.1. The van der Waals surface area contributed by atoms with Crippen LogP contribution in [-0.4, -0.2) is 42.0 Å². The summed E-state index contributed by atoms with van der Waals surface area (Å²) >= 11 is 0. The van der Waals surface area contributed by atoms with Crippen LogP contribution in [0.2, 0.25) is 0 Å². The molecule has 1 amide bonds. The number of hydrogen-bond acceptors (Lipinski definition) is 6. The number of rotatable bonds is 11. The van der Waals surface area contributed by atoms with Crippen molar-refractivity contribution in [1.82, 2.24) is 10.2 Å². The number of ether oxygens (including phenoxy) is 2. The van der Waals surface area contributed by atoms with E-state index in [2.05, 4.69) is 10.3 Å². The third-order valence-electron chi connectivity index (χ3n) is 5.30. The highest BCUT2D eigenvalue weighted by Gasteiger charge is 2.37. The van der Waals surface area contributed by atoms with Crippen LogP contribution < -0.4 is 10.1 Å². The minimum absolute atomic E-state index is 0.0295. The maximum atomic E-state index is 12.0. The van der Waals surface area contributed by atoms with Crippen LogP contribution in [-0.2, 0) is 20.9 Å². The fourth-order valence-corrected chi connectivity index (χ4v) is 3.74. The molecule has 0 spiro atoms. The predicted molar refractivity (Wildman–Crippen MR) is 111 cm³/mol. The van der Waals surface area contributed by atoms with Crippen LogP contribution >= 0.6 is 0 Å². The molecule has 2 aliphatic rings. The number of unbranched alkanes of at least 4 members (excludes halogenated alkanes) is 5. The van der Waals surface area contributed by atoms with Crippen LogP contribution in [0.3, 0.4) is 0 Å². The van der Waals surface area contributed by atoms with Crippen molar-refractivity contribution in [3.63, 3.8) is 0 Å². The first-order chi connectivity index (χ1) is 14.1. The summed E-state index contributed by atoms with van der Waals surface area (Å²) in [6.07, 6.45) is 7.26. The minimum Gasteiger partial charge on any atom is -0.494 e. The molecule has 1 aromatic carbocycles. The van der Waals surface area contributed by atoms with Gasteiger partial charge in [-0.1, -0.05) is 32.6 Å². The standard InChI is InChI=1S/C22H31N3O4/c1-3-20-21(27)24-22-23-19-11-10-18(14-17(19)15-25(20)22)29-13-9-7-5-4-6-8-12-28-16(2)26/h10-11,14,20H,3-9,12-13,15H2,1-2H3,(H,23,24,27). The van der Waals surface area contributed by atoms with Gasteiger partial charge in [0, 0.05) is 19.0 Å². The Labute approximate surface area is 172 Å². The van der Waals surface area contributed by atoms with Crippen LogP contribution in [0.15, 0.2) is 23.2 Å². The van der Waals surface area contributed by atoms with Crippen LogP contribution in [0.25, 0.3) is 0 Å². The molecule has 1 unspecified atom stereocenters. The van der Waals surface area contributed by atoms with Gasteiger partial charge >= 0.3 is 5.97 Å². The van der Waals surface area contributed by atoms with Crippen LogP contribution in [0.5, 0.6) is 5.75 Å². The Bertz CT molecular complexity index is 762. The summed E-state index contributed by atoms with van der Waals surface area (Å²) in [7, 11) is 0. The van der Waals surface area contributed by atoms with E-state index in [0.717, 1.165) is 55.5 Å².